The van der Waals surface area contributed by atoms with E-state index in [1.165, 1.54) is 18.4 Å². The van der Waals surface area contributed by atoms with Gasteiger partial charge in [0.05, 0.1) is 12.0 Å². The van der Waals surface area contributed by atoms with Gasteiger partial charge in [0.2, 0.25) is 5.91 Å². The van der Waals surface area contributed by atoms with Gasteiger partial charge >= 0.3 is 5.91 Å². The van der Waals surface area contributed by atoms with Gasteiger partial charge < -0.3 is 15.9 Å². The summed E-state index contributed by atoms with van der Waals surface area (Å²) in [7, 11) is 0. The average molecular weight is 308 g/mol. The van der Waals surface area contributed by atoms with Crippen molar-refractivity contribution in [1.29, 1.82) is 0 Å². The zero-order valence-electron chi connectivity index (χ0n) is 10.7. The quantitative estimate of drug-likeness (QED) is 0.344. The Bertz CT molecular complexity index is 625. The number of amides is 2. The van der Waals surface area contributed by atoms with Gasteiger partial charge in [0.15, 0.2) is 10.9 Å². The number of carbonyl (C=O) groups is 2. The molecular weight excluding hydrogens is 296 g/mol. The molecule has 2 aromatic heterocycles. The van der Waals surface area contributed by atoms with Crippen LogP contribution >= 0.6 is 11.8 Å². The van der Waals surface area contributed by atoms with Crippen molar-refractivity contribution in [3.8, 4) is 0 Å². The lowest BCUT2D eigenvalue weighted by molar-refractivity contribution is -0.119. The predicted octanol–water partition coefficient (Wildman–Crippen LogP) is -0.213. The molecule has 0 atom stereocenters. The maximum Gasteiger partial charge on any atom is 0.305 e. The van der Waals surface area contributed by atoms with Gasteiger partial charge in [-0.15, -0.1) is 0 Å². The molecule has 0 bridgehead atoms. The maximum absolute atomic E-state index is 11.6. The number of carbonyl (C=O) groups excluding carboxylic acids is 2. The molecule has 0 aromatic carbocycles. The summed E-state index contributed by atoms with van der Waals surface area (Å²) in [6.07, 6.45) is 1.36. The molecule has 0 spiro atoms. The Morgan fingerprint density at radius 1 is 1.24 bits per heavy atom. The summed E-state index contributed by atoms with van der Waals surface area (Å²) < 4.78 is 4.87. The third-order valence-electron chi connectivity index (χ3n) is 2.14. The molecule has 0 fully saturated rings. The first kappa shape index (κ1) is 14.7. The van der Waals surface area contributed by atoms with E-state index in [-0.39, 0.29) is 28.3 Å². The van der Waals surface area contributed by atoms with Crippen LogP contribution in [0.2, 0.25) is 0 Å². The van der Waals surface area contributed by atoms with Crippen LogP contribution in [0, 0.1) is 0 Å². The normalized spacial score (nSPS) is 10.1. The largest absolute Gasteiger partial charge is 0.459 e. The molecule has 0 aliphatic rings. The summed E-state index contributed by atoms with van der Waals surface area (Å²) >= 11 is 1.04. The van der Waals surface area contributed by atoms with Crippen molar-refractivity contribution in [2.24, 2.45) is 0 Å². The van der Waals surface area contributed by atoms with Crippen molar-refractivity contribution < 1.29 is 14.0 Å². The lowest BCUT2D eigenvalue weighted by Gasteiger charge is -2.05. The van der Waals surface area contributed by atoms with Crippen LogP contribution in [0.25, 0.3) is 0 Å². The standard InChI is InChI=1S/C11H12N6O3S/c12-7-4-8(13)15-11(14-7)21-5-9(18)16-17-10(19)6-2-1-3-20-6/h1-4H,5H2,(H,16,18)(H,17,19)(H4,12,13,14,15). The predicted molar refractivity (Wildman–Crippen MR) is 75.9 cm³/mol. The SMILES string of the molecule is Nc1cc(N)nc(SCC(=O)NNC(=O)c2ccco2)n1. The monoisotopic (exact) mass is 308 g/mol. The number of hydrogen-bond acceptors (Lipinski definition) is 8. The first-order chi connectivity index (χ1) is 10.0. The van der Waals surface area contributed by atoms with Crippen LogP contribution in [-0.4, -0.2) is 27.5 Å². The number of nitrogens with one attached hydrogen (secondary N) is 2. The van der Waals surface area contributed by atoms with Crippen molar-refractivity contribution in [1.82, 2.24) is 20.8 Å². The topological polar surface area (TPSA) is 149 Å². The number of aromatic nitrogens is 2. The summed E-state index contributed by atoms with van der Waals surface area (Å²) in [5, 5.41) is 0.278. The molecule has 2 amide bonds. The summed E-state index contributed by atoms with van der Waals surface area (Å²) in [6.45, 7) is 0. The van der Waals surface area contributed by atoms with E-state index in [9.17, 15) is 9.59 Å². The highest BCUT2D eigenvalue weighted by Gasteiger charge is 2.10. The number of nitrogen functional groups attached to an aromatic ring is 2. The van der Waals surface area contributed by atoms with Crippen LogP contribution in [0.5, 0.6) is 0 Å². The molecular formula is C11H12N6O3S. The molecule has 2 aromatic rings. The Labute approximate surface area is 123 Å². The molecule has 2 heterocycles. The smallest absolute Gasteiger partial charge is 0.305 e. The zero-order chi connectivity index (χ0) is 15.2. The number of furan rings is 1. The molecule has 0 unspecified atom stereocenters. The molecule has 21 heavy (non-hydrogen) atoms. The van der Waals surface area contributed by atoms with E-state index in [0.29, 0.717) is 0 Å². The molecule has 10 heteroatoms. The number of anilines is 2. The number of nitrogens with two attached hydrogens (primary N) is 2. The van der Waals surface area contributed by atoms with E-state index >= 15 is 0 Å². The van der Waals surface area contributed by atoms with Gasteiger partial charge in [-0.2, -0.15) is 0 Å². The zero-order valence-corrected chi connectivity index (χ0v) is 11.5. The average Bonchev–Trinajstić information content (AvgIpc) is 2.95. The van der Waals surface area contributed by atoms with Crippen molar-refractivity contribution in [3.05, 3.63) is 30.2 Å². The third-order valence-corrected chi connectivity index (χ3v) is 2.99. The number of thioether (sulfide) groups is 1. The van der Waals surface area contributed by atoms with Gasteiger partial charge in [-0.05, 0) is 12.1 Å². The van der Waals surface area contributed by atoms with Crippen molar-refractivity contribution >= 4 is 35.2 Å². The second-order valence-corrected chi connectivity index (χ2v) is 4.71. The Morgan fingerprint density at radius 2 is 1.95 bits per heavy atom. The molecule has 0 saturated carbocycles. The second-order valence-electron chi connectivity index (χ2n) is 3.77. The van der Waals surface area contributed by atoms with Crippen LogP contribution in [0.4, 0.5) is 11.6 Å². The van der Waals surface area contributed by atoms with Gasteiger partial charge in [-0.25, -0.2) is 9.97 Å². The summed E-state index contributed by atoms with van der Waals surface area (Å²) in [5.74, 6) is -0.475. The van der Waals surface area contributed by atoms with Gasteiger partial charge in [0, 0.05) is 6.07 Å². The number of rotatable bonds is 4. The molecule has 0 aliphatic carbocycles. The van der Waals surface area contributed by atoms with E-state index in [1.54, 1.807) is 6.07 Å². The fourth-order valence-corrected chi connectivity index (χ4v) is 1.96. The van der Waals surface area contributed by atoms with Gasteiger partial charge in [0.25, 0.3) is 0 Å². The first-order valence-corrected chi connectivity index (χ1v) is 6.68. The molecule has 0 radical (unpaired) electrons. The molecule has 6 N–H and O–H groups in total. The van der Waals surface area contributed by atoms with Crippen LogP contribution in [-0.2, 0) is 4.79 Å². The molecule has 0 aliphatic heterocycles. The van der Waals surface area contributed by atoms with E-state index in [0.717, 1.165) is 11.8 Å². The highest BCUT2D eigenvalue weighted by molar-refractivity contribution is 7.99. The summed E-state index contributed by atoms with van der Waals surface area (Å²) in [5.41, 5.74) is 15.5. The fraction of sp³-hybridized carbons (Fsp3) is 0.0909. The second kappa shape index (κ2) is 6.61. The van der Waals surface area contributed by atoms with Crippen LogP contribution in [0.1, 0.15) is 10.6 Å². The Hall–Kier alpha value is -2.75. The third kappa shape index (κ3) is 4.38. The number of hydrogen-bond donors (Lipinski definition) is 4. The van der Waals surface area contributed by atoms with E-state index < -0.39 is 11.8 Å². The lowest BCUT2D eigenvalue weighted by Crippen LogP contribution is -2.42. The van der Waals surface area contributed by atoms with Crippen LogP contribution in [0.15, 0.2) is 34.0 Å². The van der Waals surface area contributed by atoms with Crippen molar-refractivity contribution in [2.75, 3.05) is 17.2 Å². The molecule has 110 valence electrons. The van der Waals surface area contributed by atoms with Gasteiger partial charge in [0.1, 0.15) is 11.6 Å². The number of nitrogens with zero attached hydrogens (tertiary/aromatic N) is 2. The van der Waals surface area contributed by atoms with E-state index in [2.05, 4.69) is 20.8 Å². The molecule has 9 nitrogen and oxygen atoms in total. The minimum absolute atomic E-state index is 0.0126. The van der Waals surface area contributed by atoms with Gasteiger partial charge in [-0.3, -0.25) is 20.4 Å². The summed E-state index contributed by atoms with van der Waals surface area (Å²) in [6, 6.07) is 4.45. The van der Waals surface area contributed by atoms with Crippen LogP contribution in [0.3, 0.4) is 0 Å². The maximum atomic E-state index is 11.6. The number of hydrazine groups is 1. The van der Waals surface area contributed by atoms with Crippen molar-refractivity contribution in [3.63, 3.8) is 0 Å². The highest BCUT2D eigenvalue weighted by atomic mass is 32.2. The van der Waals surface area contributed by atoms with Gasteiger partial charge in [-0.1, -0.05) is 11.8 Å². The van der Waals surface area contributed by atoms with Crippen LogP contribution < -0.4 is 22.3 Å². The first-order valence-electron chi connectivity index (χ1n) is 5.70. The minimum atomic E-state index is -0.553. The van der Waals surface area contributed by atoms with Crippen molar-refractivity contribution in [2.45, 2.75) is 5.16 Å². The molecule has 0 saturated heterocycles. The fourth-order valence-electron chi connectivity index (χ4n) is 1.29. The minimum Gasteiger partial charge on any atom is -0.459 e. The van der Waals surface area contributed by atoms with E-state index in [1.807, 2.05) is 0 Å². The Morgan fingerprint density at radius 3 is 2.57 bits per heavy atom. The Kier molecular flexibility index (Phi) is 4.61. The highest BCUT2D eigenvalue weighted by Crippen LogP contribution is 2.15. The van der Waals surface area contributed by atoms with E-state index in [4.69, 9.17) is 15.9 Å². The lowest BCUT2D eigenvalue weighted by atomic mass is 10.4. The molecule has 2 rings (SSSR count). The summed E-state index contributed by atoms with van der Waals surface area (Å²) in [4.78, 5) is 30.9. The Balaban J connectivity index is 1.78.